The van der Waals surface area contributed by atoms with E-state index in [-0.39, 0.29) is 6.61 Å². The first-order chi connectivity index (χ1) is 14.6. The van der Waals surface area contributed by atoms with E-state index < -0.39 is 5.97 Å². The number of rotatable bonds is 6. The zero-order valence-electron chi connectivity index (χ0n) is 16.8. The van der Waals surface area contributed by atoms with Crippen molar-refractivity contribution in [3.05, 3.63) is 84.2 Å². The molecule has 30 heavy (non-hydrogen) atoms. The number of pyridine rings is 2. The van der Waals surface area contributed by atoms with Crippen LogP contribution in [0.1, 0.15) is 23.0 Å². The number of fused-ring (bicyclic) bond motifs is 1. The van der Waals surface area contributed by atoms with E-state index in [0.717, 1.165) is 22.5 Å². The van der Waals surface area contributed by atoms with Gasteiger partial charge in [0.1, 0.15) is 17.1 Å². The van der Waals surface area contributed by atoms with Gasteiger partial charge in [0, 0.05) is 23.0 Å². The second kappa shape index (κ2) is 8.61. The van der Waals surface area contributed by atoms with Crippen molar-refractivity contribution in [3.8, 4) is 11.5 Å². The van der Waals surface area contributed by atoms with Crippen molar-refractivity contribution in [2.45, 2.75) is 13.8 Å². The van der Waals surface area contributed by atoms with E-state index in [0.29, 0.717) is 22.6 Å². The molecule has 1 N–H and O–H groups in total. The van der Waals surface area contributed by atoms with Crippen LogP contribution in [0.2, 0.25) is 0 Å². The summed E-state index contributed by atoms with van der Waals surface area (Å²) in [5.74, 6) is 1.05. The number of hydrogen-bond acceptors (Lipinski definition) is 6. The Morgan fingerprint density at radius 1 is 0.967 bits per heavy atom. The molecule has 0 aliphatic carbocycles. The lowest BCUT2D eigenvalue weighted by molar-refractivity contribution is 0.0527. The van der Waals surface area contributed by atoms with Crippen molar-refractivity contribution in [2.75, 3.05) is 11.9 Å². The summed E-state index contributed by atoms with van der Waals surface area (Å²) in [6.07, 6.45) is 1.50. The molecule has 0 amide bonds. The SMILES string of the molecule is CCOC(=O)c1cnc2nc(C)ccc2c1Nc1ccc(Oc2ccccc2)cc1. The Balaban J connectivity index is 1.66. The molecule has 0 aliphatic rings. The largest absolute Gasteiger partial charge is 0.462 e. The van der Waals surface area contributed by atoms with E-state index in [1.807, 2.05) is 73.7 Å². The maximum Gasteiger partial charge on any atom is 0.341 e. The van der Waals surface area contributed by atoms with Gasteiger partial charge in [-0.1, -0.05) is 18.2 Å². The monoisotopic (exact) mass is 399 g/mol. The minimum absolute atomic E-state index is 0.286. The number of carbonyl (C=O) groups is 1. The van der Waals surface area contributed by atoms with Gasteiger partial charge in [-0.15, -0.1) is 0 Å². The zero-order chi connectivity index (χ0) is 20.9. The number of para-hydroxylation sites is 1. The highest BCUT2D eigenvalue weighted by Crippen LogP contribution is 2.30. The van der Waals surface area contributed by atoms with Crippen molar-refractivity contribution in [1.29, 1.82) is 0 Å². The molecule has 0 aliphatic heterocycles. The Hall–Kier alpha value is -3.93. The number of nitrogens with one attached hydrogen (secondary N) is 1. The molecule has 6 nitrogen and oxygen atoms in total. The average Bonchev–Trinajstić information content (AvgIpc) is 2.76. The Kier molecular flexibility index (Phi) is 5.57. The van der Waals surface area contributed by atoms with Crippen LogP contribution < -0.4 is 10.1 Å². The molecule has 0 saturated carbocycles. The van der Waals surface area contributed by atoms with Crippen LogP contribution in [-0.2, 0) is 4.74 Å². The number of nitrogens with zero attached hydrogens (tertiary/aromatic N) is 2. The number of ether oxygens (including phenoxy) is 2. The van der Waals surface area contributed by atoms with E-state index in [1.165, 1.54) is 6.20 Å². The fraction of sp³-hybridized carbons (Fsp3) is 0.125. The lowest BCUT2D eigenvalue weighted by Crippen LogP contribution is -2.09. The summed E-state index contributed by atoms with van der Waals surface area (Å²) in [5, 5.41) is 4.08. The van der Waals surface area contributed by atoms with Gasteiger partial charge in [-0.05, 0) is 62.4 Å². The second-order valence-corrected chi connectivity index (χ2v) is 6.66. The molecule has 150 valence electrons. The van der Waals surface area contributed by atoms with E-state index >= 15 is 0 Å². The number of aryl methyl sites for hydroxylation is 1. The Bertz CT molecular complexity index is 1180. The van der Waals surface area contributed by atoms with Gasteiger partial charge in [0.05, 0.1) is 12.3 Å². The van der Waals surface area contributed by atoms with Crippen LogP contribution in [0, 0.1) is 6.92 Å². The smallest absolute Gasteiger partial charge is 0.341 e. The summed E-state index contributed by atoms with van der Waals surface area (Å²) in [6, 6.07) is 20.9. The van der Waals surface area contributed by atoms with E-state index in [9.17, 15) is 4.79 Å². The minimum Gasteiger partial charge on any atom is -0.462 e. The molecule has 2 heterocycles. The number of anilines is 2. The van der Waals surface area contributed by atoms with Crippen LogP contribution in [0.25, 0.3) is 11.0 Å². The summed E-state index contributed by atoms with van der Waals surface area (Å²) in [4.78, 5) is 21.3. The van der Waals surface area contributed by atoms with Gasteiger partial charge < -0.3 is 14.8 Å². The van der Waals surface area contributed by atoms with Crippen LogP contribution in [-0.4, -0.2) is 22.5 Å². The number of carbonyl (C=O) groups excluding carboxylic acids is 1. The molecular formula is C24H21N3O3. The number of aromatic nitrogens is 2. The molecule has 6 heteroatoms. The van der Waals surface area contributed by atoms with Crippen LogP contribution in [0.15, 0.2) is 72.9 Å². The zero-order valence-corrected chi connectivity index (χ0v) is 16.8. The van der Waals surface area contributed by atoms with Gasteiger partial charge in [0.25, 0.3) is 0 Å². The summed E-state index contributed by atoms with van der Waals surface area (Å²) < 4.78 is 11.0. The molecule has 0 bridgehead atoms. The lowest BCUT2D eigenvalue weighted by atomic mass is 10.1. The minimum atomic E-state index is -0.431. The number of benzene rings is 2. The van der Waals surface area contributed by atoms with Gasteiger partial charge in [0.2, 0.25) is 0 Å². The highest BCUT2D eigenvalue weighted by Gasteiger charge is 2.17. The van der Waals surface area contributed by atoms with Gasteiger partial charge in [-0.3, -0.25) is 0 Å². The molecule has 0 saturated heterocycles. The van der Waals surface area contributed by atoms with Gasteiger partial charge >= 0.3 is 5.97 Å². The van der Waals surface area contributed by atoms with E-state index in [4.69, 9.17) is 9.47 Å². The molecule has 0 radical (unpaired) electrons. The number of esters is 1. The normalized spacial score (nSPS) is 10.6. The molecular weight excluding hydrogens is 378 g/mol. The van der Waals surface area contributed by atoms with Crippen molar-refractivity contribution in [1.82, 2.24) is 9.97 Å². The fourth-order valence-corrected chi connectivity index (χ4v) is 3.05. The second-order valence-electron chi connectivity index (χ2n) is 6.66. The molecule has 0 spiro atoms. The fourth-order valence-electron chi connectivity index (χ4n) is 3.05. The Morgan fingerprint density at radius 2 is 1.70 bits per heavy atom. The third-order valence-electron chi connectivity index (χ3n) is 4.47. The average molecular weight is 399 g/mol. The van der Waals surface area contributed by atoms with Crippen molar-refractivity contribution < 1.29 is 14.3 Å². The Labute approximate surface area is 174 Å². The first-order valence-electron chi connectivity index (χ1n) is 9.67. The van der Waals surface area contributed by atoms with Crippen LogP contribution in [0.5, 0.6) is 11.5 Å². The van der Waals surface area contributed by atoms with Crippen LogP contribution >= 0.6 is 0 Å². The van der Waals surface area contributed by atoms with E-state index in [2.05, 4.69) is 15.3 Å². The molecule has 0 atom stereocenters. The predicted octanol–water partition coefficient (Wildman–Crippen LogP) is 5.65. The lowest BCUT2D eigenvalue weighted by Gasteiger charge is -2.14. The van der Waals surface area contributed by atoms with Gasteiger partial charge in [-0.25, -0.2) is 14.8 Å². The van der Waals surface area contributed by atoms with Crippen LogP contribution in [0.3, 0.4) is 0 Å². The molecule has 0 fully saturated rings. The predicted molar refractivity (Wildman–Crippen MR) is 116 cm³/mol. The first kappa shape index (κ1) is 19.4. The molecule has 4 aromatic rings. The third kappa shape index (κ3) is 4.22. The highest BCUT2D eigenvalue weighted by atomic mass is 16.5. The molecule has 4 rings (SSSR count). The maximum absolute atomic E-state index is 12.5. The number of hydrogen-bond donors (Lipinski definition) is 1. The van der Waals surface area contributed by atoms with Crippen molar-refractivity contribution in [2.24, 2.45) is 0 Å². The van der Waals surface area contributed by atoms with Gasteiger partial charge in [0.15, 0.2) is 5.65 Å². The molecule has 2 aromatic heterocycles. The third-order valence-corrected chi connectivity index (χ3v) is 4.47. The summed E-state index contributed by atoms with van der Waals surface area (Å²) in [7, 11) is 0. The van der Waals surface area contributed by atoms with Gasteiger partial charge in [-0.2, -0.15) is 0 Å². The summed E-state index contributed by atoms with van der Waals surface area (Å²) >= 11 is 0. The van der Waals surface area contributed by atoms with Crippen molar-refractivity contribution in [3.63, 3.8) is 0 Å². The standard InChI is InChI=1S/C24H21N3O3/c1-3-29-24(28)21-15-25-23-20(14-9-16(2)26-23)22(21)27-17-10-12-19(13-11-17)30-18-7-5-4-6-8-18/h4-15H,3H2,1-2H3,(H,25,26,27). The quantitative estimate of drug-likeness (QED) is 0.422. The Morgan fingerprint density at radius 3 is 2.43 bits per heavy atom. The molecule has 0 unspecified atom stereocenters. The molecule has 2 aromatic carbocycles. The van der Waals surface area contributed by atoms with E-state index in [1.54, 1.807) is 6.92 Å². The summed E-state index contributed by atoms with van der Waals surface area (Å²) in [6.45, 7) is 3.96. The summed E-state index contributed by atoms with van der Waals surface area (Å²) in [5.41, 5.74) is 3.19. The van der Waals surface area contributed by atoms with Crippen LogP contribution in [0.4, 0.5) is 11.4 Å². The topological polar surface area (TPSA) is 73.3 Å². The highest BCUT2D eigenvalue weighted by molar-refractivity contribution is 6.05. The van der Waals surface area contributed by atoms with Crippen molar-refractivity contribution >= 4 is 28.4 Å². The first-order valence-corrected chi connectivity index (χ1v) is 9.67. The maximum atomic E-state index is 12.5.